The standard InChI is InChI=1S/C23H26N2O3/c1-17(26)25-11-5-10-24(12-13-25)16-20-15-19-14-18(8-9-22(19)28-20)21-6-3-4-7-23(21)27-2/h3-4,6-9,14-15H,5,10-13,16H2,1-2H3. The molecule has 1 aliphatic heterocycles. The Balaban J connectivity index is 1.53. The summed E-state index contributed by atoms with van der Waals surface area (Å²) in [7, 11) is 1.70. The van der Waals surface area contributed by atoms with Crippen LogP contribution in [-0.2, 0) is 11.3 Å². The van der Waals surface area contributed by atoms with Gasteiger partial charge in [-0.25, -0.2) is 0 Å². The molecule has 4 rings (SSSR count). The molecule has 0 spiro atoms. The molecule has 0 radical (unpaired) electrons. The number of carbonyl (C=O) groups is 1. The lowest BCUT2D eigenvalue weighted by molar-refractivity contribution is -0.128. The van der Waals surface area contributed by atoms with Crippen molar-refractivity contribution in [2.45, 2.75) is 19.9 Å². The number of carbonyl (C=O) groups excluding carboxylic acids is 1. The molecule has 0 bridgehead atoms. The molecule has 2 heterocycles. The van der Waals surface area contributed by atoms with E-state index in [0.29, 0.717) is 0 Å². The van der Waals surface area contributed by atoms with Crippen molar-refractivity contribution in [2.24, 2.45) is 0 Å². The summed E-state index contributed by atoms with van der Waals surface area (Å²) in [4.78, 5) is 15.9. The molecule has 1 aromatic heterocycles. The number of benzene rings is 2. The molecule has 2 aromatic carbocycles. The highest BCUT2D eigenvalue weighted by molar-refractivity contribution is 5.85. The van der Waals surface area contributed by atoms with Gasteiger partial charge in [-0.3, -0.25) is 9.69 Å². The lowest BCUT2D eigenvalue weighted by Crippen LogP contribution is -2.33. The van der Waals surface area contributed by atoms with Crippen molar-refractivity contribution in [3.05, 3.63) is 54.3 Å². The van der Waals surface area contributed by atoms with Crippen molar-refractivity contribution < 1.29 is 13.9 Å². The number of hydrogen-bond donors (Lipinski definition) is 0. The minimum atomic E-state index is 0.162. The van der Waals surface area contributed by atoms with Gasteiger partial charge in [0.15, 0.2) is 0 Å². The second-order valence-corrected chi connectivity index (χ2v) is 7.30. The summed E-state index contributed by atoms with van der Waals surface area (Å²) in [5.74, 6) is 1.99. The Morgan fingerprint density at radius 2 is 1.93 bits per heavy atom. The van der Waals surface area contributed by atoms with Crippen molar-refractivity contribution in [1.82, 2.24) is 9.80 Å². The first-order valence-electron chi connectivity index (χ1n) is 9.78. The maximum absolute atomic E-state index is 11.6. The van der Waals surface area contributed by atoms with Gasteiger partial charge in [0.1, 0.15) is 17.1 Å². The molecule has 0 unspecified atom stereocenters. The van der Waals surface area contributed by atoms with Crippen molar-refractivity contribution >= 4 is 16.9 Å². The largest absolute Gasteiger partial charge is 0.496 e. The maximum Gasteiger partial charge on any atom is 0.219 e. The van der Waals surface area contributed by atoms with E-state index in [2.05, 4.69) is 29.2 Å². The number of amides is 1. The minimum absolute atomic E-state index is 0.162. The topological polar surface area (TPSA) is 45.9 Å². The SMILES string of the molecule is COc1ccccc1-c1ccc2oc(CN3CCCN(C(C)=O)CC3)cc2c1. The fraction of sp³-hybridized carbons (Fsp3) is 0.348. The Hall–Kier alpha value is -2.79. The zero-order chi connectivity index (χ0) is 19.5. The van der Waals surface area contributed by atoms with Gasteiger partial charge in [0.2, 0.25) is 5.91 Å². The third kappa shape index (κ3) is 3.90. The molecular weight excluding hydrogens is 352 g/mol. The zero-order valence-corrected chi connectivity index (χ0v) is 16.5. The Kier molecular flexibility index (Phi) is 5.35. The summed E-state index contributed by atoms with van der Waals surface area (Å²) in [5, 5.41) is 1.10. The maximum atomic E-state index is 11.6. The van der Waals surface area contributed by atoms with Gasteiger partial charge in [-0.1, -0.05) is 24.3 Å². The van der Waals surface area contributed by atoms with Gasteiger partial charge >= 0.3 is 0 Å². The van der Waals surface area contributed by atoms with Crippen LogP contribution in [0.4, 0.5) is 0 Å². The molecule has 1 fully saturated rings. The molecule has 1 amide bonds. The highest BCUT2D eigenvalue weighted by Crippen LogP contribution is 2.32. The first kappa shape index (κ1) is 18.6. The Morgan fingerprint density at radius 3 is 2.75 bits per heavy atom. The van der Waals surface area contributed by atoms with Gasteiger partial charge < -0.3 is 14.1 Å². The van der Waals surface area contributed by atoms with E-state index in [-0.39, 0.29) is 5.91 Å². The first-order valence-corrected chi connectivity index (χ1v) is 9.78. The average molecular weight is 378 g/mol. The van der Waals surface area contributed by atoms with E-state index in [1.54, 1.807) is 14.0 Å². The molecule has 5 nitrogen and oxygen atoms in total. The van der Waals surface area contributed by atoms with Gasteiger partial charge in [-0.05, 0) is 36.2 Å². The van der Waals surface area contributed by atoms with Gasteiger partial charge in [0.05, 0.1) is 13.7 Å². The van der Waals surface area contributed by atoms with Gasteiger partial charge in [-0.2, -0.15) is 0 Å². The minimum Gasteiger partial charge on any atom is -0.496 e. The predicted molar refractivity (Wildman–Crippen MR) is 110 cm³/mol. The Bertz CT molecular complexity index is 979. The molecule has 0 atom stereocenters. The summed E-state index contributed by atoms with van der Waals surface area (Å²) in [6, 6.07) is 16.4. The summed E-state index contributed by atoms with van der Waals surface area (Å²) in [6.07, 6.45) is 0.998. The second-order valence-electron chi connectivity index (χ2n) is 7.30. The predicted octanol–water partition coefficient (Wildman–Crippen LogP) is 4.16. The van der Waals surface area contributed by atoms with E-state index in [1.807, 2.05) is 29.2 Å². The average Bonchev–Trinajstić information content (AvgIpc) is 2.95. The molecule has 5 heteroatoms. The Morgan fingerprint density at radius 1 is 1.07 bits per heavy atom. The molecule has 0 aliphatic carbocycles. The summed E-state index contributed by atoms with van der Waals surface area (Å²) >= 11 is 0. The fourth-order valence-electron chi connectivity index (χ4n) is 3.89. The van der Waals surface area contributed by atoms with Crippen LogP contribution in [0.3, 0.4) is 0 Å². The third-order valence-corrected chi connectivity index (χ3v) is 5.40. The molecule has 28 heavy (non-hydrogen) atoms. The van der Waals surface area contributed by atoms with Crippen LogP contribution in [0.25, 0.3) is 22.1 Å². The highest BCUT2D eigenvalue weighted by Gasteiger charge is 2.18. The summed E-state index contributed by atoms with van der Waals surface area (Å²) < 4.78 is 11.6. The normalized spacial score (nSPS) is 15.6. The number of nitrogens with zero attached hydrogens (tertiary/aromatic N) is 2. The summed E-state index contributed by atoms with van der Waals surface area (Å²) in [6.45, 7) is 5.90. The zero-order valence-electron chi connectivity index (χ0n) is 16.5. The smallest absolute Gasteiger partial charge is 0.219 e. The monoisotopic (exact) mass is 378 g/mol. The third-order valence-electron chi connectivity index (χ3n) is 5.40. The van der Waals surface area contributed by atoms with E-state index in [1.165, 1.54) is 0 Å². The number of para-hydroxylation sites is 1. The van der Waals surface area contributed by atoms with Crippen LogP contribution in [0.5, 0.6) is 5.75 Å². The molecule has 3 aromatic rings. The number of methoxy groups -OCH3 is 1. The number of rotatable bonds is 4. The van der Waals surface area contributed by atoms with Crippen molar-refractivity contribution in [1.29, 1.82) is 0 Å². The Labute approximate surface area is 165 Å². The molecule has 1 saturated heterocycles. The van der Waals surface area contributed by atoms with Gasteiger partial charge in [-0.15, -0.1) is 0 Å². The molecule has 0 N–H and O–H groups in total. The quantitative estimate of drug-likeness (QED) is 0.684. The van der Waals surface area contributed by atoms with Gasteiger partial charge in [0.25, 0.3) is 0 Å². The lowest BCUT2D eigenvalue weighted by atomic mass is 10.0. The van der Waals surface area contributed by atoms with Gasteiger partial charge in [0, 0.05) is 44.1 Å². The highest BCUT2D eigenvalue weighted by atomic mass is 16.5. The van der Waals surface area contributed by atoms with Crippen LogP contribution in [-0.4, -0.2) is 49.0 Å². The first-order chi connectivity index (χ1) is 13.6. The van der Waals surface area contributed by atoms with E-state index in [0.717, 1.165) is 72.8 Å². The number of ether oxygens (including phenoxy) is 1. The van der Waals surface area contributed by atoms with Crippen LogP contribution < -0.4 is 4.74 Å². The van der Waals surface area contributed by atoms with Crippen molar-refractivity contribution in [3.8, 4) is 16.9 Å². The van der Waals surface area contributed by atoms with E-state index in [4.69, 9.17) is 9.15 Å². The number of furan rings is 1. The lowest BCUT2D eigenvalue weighted by Gasteiger charge is -2.20. The number of fused-ring (bicyclic) bond motifs is 1. The van der Waals surface area contributed by atoms with Crippen molar-refractivity contribution in [3.63, 3.8) is 0 Å². The molecule has 1 aliphatic rings. The van der Waals surface area contributed by atoms with Crippen molar-refractivity contribution in [2.75, 3.05) is 33.3 Å². The summed E-state index contributed by atoms with van der Waals surface area (Å²) in [5.41, 5.74) is 3.09. The van der Waals surface area contributed by atoms with Crippen LogP contribution >= 0.6 is 0 Å². The molecule has 146 valence electrons. The fourth-order valence-corrected chi connectivity index (χ4v) is 3.89. The molecule has 0 saturated carbocycles. The van der Waals surface area contributed by atoms with Crippen LogP contribution in [0.2, 0.25) is 0 Å². The molecular formula is C23H26N2O3. The second kappa shape index (κ2) is 8.07. The van der Waals surface area contributed by atoms with E-state index < -0.39 is 0 Å². The number of hydrogen-bond acceptors (Lipinski definition) is 4. The van der Waals surface area contributed by atoms with Crippen LogP contribution in [0.15, 0.2) is 52.9 Å². The van der Waals surface area contributed by atoms with E-state index in [9.17, 15) is 4.79 Å². The van der Waals surface area contributed by atoms with Crippen LogP contribution in [0.1, 0.15) is 19.1 Å². The van der Waals surface area contributed by atoms with E-state index >= 15 is 0 Å². The van der Waals surface area contributed by atoms with Crippen LogP contribution in [0, 0.1) is 0 Å².